The Kier molecular flexibility index (Phi) is 4.03. The lowest BCUT2D eigenvalue weighted by atomic mass is 9.90. The van der Waals surface area contributed by atoms with E-state index in [4.69, 9.17) is 16.3 Å². The number of aryl methyl sites for hydroxylation is 1. The molecule has 1 unspecified atom stereocenters. The predicted octanol–water partition coefficient (Wildman–Crippen LogP) is 3.79. The SMILES string of the molecule is Cc1ccc(C(=O)[C@@H]2CCC(C)OC2)c(F)c1Cl. The molecule has 0 radical (unpaired) electrons. The van der Waals surface area contributed by atoms with Gasteiger partial charge in [-0.05, 0) is 38.3 Å². The quantitative estimate of drug-likeness (QED) is 0.765. The van der Waals surface area contributed by atoms with Gasteiger partial charge in [-0.15, -0.1) is 0 Å². The topological polar surface area (TPSA) is 26.3 Å². The minimum Gasteiger partial charge on any atom is -0.378 e. The smallest absolute Gasteiger partial charge is 0.171 e. The third-order valence-electron chi connectivity index (χ3n) is 3.42. The molecule has 0 aliphatic carbocycles. The lowest BCUT2D eigenvalue weighted by Crippen LogP contribution is -2.29. The number of ketones is 1. The van der Waals surface area contributed by atoms with Crippen molar-refractivity contribution in [2.24, 2.45) is 5.92 Å². The average Bonchev–Trinajstić information content (AvgIpc) is 2.36. The number of carbonyl (C=O) groups excluding carboxylic acids is 1. The van der Waals surface area contributed by atoms with Crippen LogP contribution >= 0.6 is 11.6 Å². The number of benzene rings is 1. The molecule has 0 amide bonds. The summed E-state index contributed by atoms with van der Waals surface area (Å²) in [6.45, 7) is 4.06. The number of halogens is 2. The Hall–Kier alpha value is -0.930. The van der Waals surface area contributed by atoms with E-state index < -0.39 is 5.82 Å². The Balaban J connectivity index is 2.21. The van der Waals surface area contributed by atoms with Crippen LogP contribution in [-0.2, 0) is 4.74 Å². The summed E-state index contributed by atoms with van der Waals surface area (Å²) < 4.78 is 19.4. The summed E-state index contributed by atoms with van der Waals surface area (Å²) in [6.07, 6.45) is 1.75. The second-order valence-electron chi connectivity index (χ2n) is 4.84. The van der Waals surface area contributed by atoms with Crippen molar-refractivity contribution in [3.8, 4) is 0 Å². The molecule has 1 fully saturated rings. The summed E-state index contributed by atoms with van der Waals surface area (Å²) in [5.41, 5.74) is 0.716. The molecule has 2 atom stereocenters. The van der Waals surface area contributed by atoms with Crippen LogP contribution in [0, 0.1) is 18.7 Å². The van der Waals surface area contributed by atoms with Crippen LogP contribution in [0.25, 0.3) is 0 Å². The van der Waals surface area contributed by atoms with Gasteiger partial charge in [0.1, 0.15) is 0 Å². The van der Waals surface area contributed by atoms with Gasteiger partial charge in [-0.1, -0.05) is 17.7 Å². The average molecular weight is 271 g/mol. The zero-order chi connectivity index (χ0) is 13.3. The molecular formula is C14H16ClFO2. The first-order valence-corrected chi connectivity index (χ1v) is 6.49. The monoisotopic (exact) mass is 270 g/mol. The van der Waals surface area contributed by atoms with Crippen LogP contribution in [0.5, 0.6) is 0 Å². The molecule has 0 N–H and O–H groups in total. The van der Waals surface area contributed by atoms with Crippen molar-refractivity contribution < 1.29 is 13.9 Å². The second-order valence-corrected chi connectivity index (χ2v) is 5.22. The number of hydrogen-bond acceptors (Lipinski definition) is 2. The normalized spacial score (nSPS) is 24.0. The molecule has 18 heavy (non-hydrogen) atoms. The predicted molar refractivity (Wildman–Crippen MR) is 68.6 cm³/mol. The molecule has 1 aliphatic rings. The molecule has 1 aromatic carbocycles. The molecular weight excluding hydrogens is 255 g/mol. The van der Waals surface area contributed by atoms with Gasteiger partial charge in [0.2, 0.25) is 0 Å². The van der Waals surface area contributed by atoms with Crippen molar-refractivity contribution in [1.82, 2.24) is 0 Å². The van der Waals surface area contributed by atoms with Crippen LogP contribution in [0.15, 0.2) is 12.1 Å². The van der Waals surface area contributed by atoms with Gasteiger partial charge >= 0.3 is 0 Å². The molecule has 98 valence electrons. The standard InChI is InChI=1S/C14H16ClFO2/c1-8-3-6-11(13(16)12(8)15)14(17)10-5-4-9(2)18-7-10/h3,6,9-10H,4-5,7H2,1-2H3/t9?,10-/m1/s1. The van der Waals surface area contributed by atoms with Crippen LogP contribution < -0.4 is 0 Å². The number of ether oxygens (including phenoxy) is 1. The summed E-state index contributed by atoms with van der Waals surface area (Å²) in [5, 5.41) is 0.0333. The molecule has 1 heterocycles. The van der Waals surface area contributed by atoms with Gasteiger partial charge < -0.3 is 4.74 Å². The fourth-order valence-electron chi connectivity index (χ4n) is 2.15. The molecule has 4 heteroatoms. The molecule has 2 nitrogen and oxygen atoms in total. The van der Waals surface area contributed by atoms with Crippen molar-refractivity contribution in [2.75, 3.05) is 6.61 Å². The van der Waals surface area contributed by atoms with E-state index >= 15 is 0 Å². The van der Waals surface area contributed by atoms with Crippen molar-refractivity contribution in [3.63, 3.8) is 0 Å². The maximum atomic E-state index is 14.0. The van der Waals surface area contributed by atoms with E-state index in [2.05, 4.69) is 0 Å². The number of rotatable bonds is 2. The summed E-state index contributed by atoms with van der Waals surface area (Å²) in [7, 11) is 0. The maximum absolute atomic E-state index is 14.0. The first-order chi connectivity index (χ1) is 8.50. The van der Waals surface area contributed by atoms with Gasteiger partial charge in [-0.2, -0.15) is 0 Å². The Bertz CT molecular complexity index is 465. The van der Waals surface area contributed by atoms with Crippen LogP contribution in [0.1, 0.15) is 35.7 Å². The highest BCUT2D eigenvalue weighted by Crippen LogP contribution is 2.27. The molecule has 2 rings (SSSR count). The lowest BCUT2D eigenvalue weighted by molar-refractivity contribution is -0.000450. The summed E-state index contributed by atoms with van der Waals surface area (Å²) in [5.74, 6) is -1.07. The number of hydrogen-bond donors (Lipinski definition) is 0. The highest BCUT2D eigenvalue weighted by Gasteiger charge is 2.28. The van der Waals surface area contributed by atoms with E-state index in [1.807, 2.05) is 6.92 Å². The molecule has 0 bridgehead atoms. The van der Waals surface area contributed by atoms with Crippen molar-refractivity contribution in [2.45, 2.75) is 32.8 Å². The Morgan fingerprint density at radius 3 is 2.78 bits per heavy atom. The maximum Gasteiger partial charge on any atom is 0.171 e. The largest absolute Gasteiger partial charge is 0.378 e. The van der Waals surface area contributed by atoms with E-state index in [-0.39, 0.29) is 28.4 Å². The van der Waals surface area contributed by atoms with Crippen molar-refractivity contribution in [3.05, 3.63) is 34.1 Å². The van der Waals surface area contributed by atoms with Crippen LogP contribution in [0.2, 0.25) is 5.02 Å². The van der Waals surface area contributed by atoms with Crippen LogP contribution in [0.4, 0.5) is 4.39 Å². The Morgan fingerprint density at radius 1 is 1.44 bits per heavy atom. The molecule has 0 aromatic heterocycles. The molecule has 0 saturated carbocycles. The van der Waals surface area contributed by atoms with Gasteiger partial charge in [0.15, 0.2) is 11.6 Å². The third kappa shape index (κ3) is 2.57. The third-order valence-corrected chi connectivity index (χ3v) is 3.88. The lowest BCUT2D eigenvalue weighted by Gasteiger charge is -2.26. The van der Waals surface area contributed by atoms with Crippen LogP contribution in [-0.4, -0.2) is 18.5 Å². The molecule has 1 saturated heterocycles. The van der Waals surface area contributed by atoms with E-state index in [0.29, 0.717) is 12.2 Å². The summed E-state index contributed by atoms with van der Waals surface area (Å²) >= 11 is 5.83. The van der Waals surface area contributed by atoms with Gasteiger partial charge in [-0.3, -0.25) is 4.79 Å². The van der Waals surface area contributed by atoms with E-state index in [0.717, 1.165) is 12.8 Å². The number of carbonyl (C=O) groups is 1. The van der Waals surface area contributed by atoms with Gasteiger partial charge in [0.05, 0.1) is 23.3 Å². The molecule has 1 aliphatic heterocycles. The summed E-state index contributed by atoms with van der Waals surface area (Å²) in [4.78, 5) is 12.2. The Morgan fingerprint density at radius 2 is 2.17 bits per heavy atom. The molecule has 1 aromatic rings. The van der Waals surface area contributed by atoms with E-state index in [9.17, 15) is 9.18 Å². The second kappa shape index (κ2) is 5.37. The first-order valence-electron chi connectivity index (χ1n) is 6.11. The minimum absolute atomic E-state index is 0.0333. The zero-order valence-electron chi connectivity index (χ0n) is 10.5. The highest BCUT2D eigenvalue weighted by atomic mass is 35.5. The zero-order valence-corrected chi connectivity index (χ0v) is 11.3. The van der Waals surface area contributed by atoms with Gasteiger partial charge in [0, 0.05) is 5.92 Å². The van der Waals surface area contributed by atoms with Crippen molar-refractivity contribution in [1.29, 1.82) is 0 Å². The van der Waals surface area contributed by atoms with Gasteiger partial charge in [0.25, 0.3) is 0 Å². The number of Topliss-reactive ketones (excluding diaryl/α,β-unsaturated/α-hetero) is 1. The van der Waals surface area contributed by atoms with Crippen LogP contribution in [0.3, 0.4) is 0 Å². The molecule has 0 spiro atoms. The van der Waals surface area contributed by atoms with E-state index in [1.165, 1.54) is 6.07 Å². The van der Waals surface area contributed by atoms with E-state index in [1.54, 1.807) is 13.0 Å². The Labute approximate surface area is 111 Å². The minimum atomic E-state index is -0.611. The van der Waals surface area contributed by atoms with Gasteiger partial charge in [-0.25, -0.2) is 4.39 Å². The summed E-state index contributed by atoms with van der Waals surface area (Å²) in [6, 6.07) is 3.18. The fraction of sp³-hybridized carbons (Fsp3) is 0.500. The first kappa shape index (κ1) is 13.5. The van der Waals surface area contributed by atoms with Crippen molar-refractivity contribution >= 4 is 17.4 Å². The fourth-order valence-corrected chi connectivity index (χ4v) is 2.31. The highest BCUT2D eigenvalue weighted by molar-refractivity contribution is 6.31.